The van der Waals surface area contributed by atoms with Gasteiger partial charge >= 0.3 is 0 Å². The second kappa shape index (κ2) is 5.89. The fourth-order valence-corrected chi connectivity index (χ4v) is 2.26. The monoisotopic (exact) mass is 262 g/mol. The maximum Gasteiger partial charge on any atom is 0.131 e. The Morgan fingerprint density at radius 3 is 2.47 bits per heavy atom. The summed E-state index contributed by atoms with van der Waals surface area (Å²) in [5.74, 6) is -1.09. The third-order valence-corrected chi connectivity index (χ3v) is 3.21. The van der Waals surface area contributed by atoms with Crippen molar-refractivity contribution in [3.8, 4) is 0 Å². The molecule has 0 aliphatic carbocycles. The Morgan fingerprint density at radius 2 is 1.89 bits per heavy atom. The number of hydrogen-bond donors (Lipinski definition) is 1. The van der Waals surface area contributed by atoms with E-state index in [0.29, 0.717) is 0 Å². The highest BCUT2D eigenvalue weighted by Gasteiger charge is 2.22. The summed E-state index contributed by atoms with van der Waals surface area (Å²) in [6.45, 7) is 1.99. The second-order valence-corrected chi connectivity index (χ2v) is 4.29. The first-order valence-electron chi connectivity index (χ1n) is 6.23. The maximum atomic E-state index is 13.9. The summed E-state index contributed by atoms with van der Waals surface area (Å²) in [6.07, 6.45) is 4.13. The van der Waals surface area contributed by atoms with Crippen LogP contribution in [0.5, 0.6) is 0 Å². The largest absolute Gasteiger partial charge is 0.309 e. The van der Waals surface area contributed by atoms with Crippen molar-refractivity contribution in [3.63, 3.8) is 0 Å². The van der Waals surface area contributed by atoms with E-state index < -0.39 is 17.7 Å². The Kier molecular flexibility index (Phi) is 4.22. The molecular formula is C15H16F2N2. The van der Waals surface area contributed by atoms with Crippen LogP contribution >= 0.6 is 0 Å². The first-order valence-corrected chi connectivity index (χ1v) is 6.23. The van der Waals surface area contributed by atoms with Gasteiger partial charge in [-0.15, -0.1) is 0 Å². The van der Waals surface area contributed by atoms with Gasteiger partial charge in [0.2, 0.25) is 0 Å². The molecule has 0 saturated carbocycles. The zero-order valence-electron chi connectivity index (χ0n) is 11.0. The number of benzene rings is 1. The summed E-state index contributed by atoms with van der Waals surface area (Å²) in [4.78, 5) is 4.06. The molecule has 0 amide bonds. The van der Waals surface area contributed by atoms with Gasteiger partial charge in [0.1, 0.15) is 11.6 Å². The number of nitrogens with zero attached hydrogens (tertiary/aromatic N) is 1. The van der Waals surface area contributed by atoms with Crippen molar-refractivity contribution in [1.29, 1.82) is 0 Å². The average molecular weight is 262 g/mol. The van der Waals surface area contributed by atoms with Crippen LogP contribution in [0.4, 0.5) is 8.78 Å². The van der Waals surface area contributed by atoms with Crippen molar-refractivity contribution >= 4 is 0 Å². The molecule has 0 saturated heterocycles. The molecule has 1 unspecified atom stereocenters. The molecular weight excluding hydrogens is 246 g/mol. The smallest absolute Gasteiger partial charge is 0.131 e. The van der Waals surface area contributed by atoms with E-state index in [2.05, 4.69) is 10.3 Å². The van der Waals surface area contributed by atoms with Gasteiger partial charge in [0.25, 0.3) is 0 Å². The Hall–Kier alpha value is -1.81. The molecule has 0 bridgehead atoms. The Morgan fingerprint density at radius 1 is 1.21 bits per heavy atom. The van der Waals surface area contributed by atoms with Crippen LogP contribution in [0.15, 0.2) is 36.7 Å². The number of aromatic nitrogens is 1. The van der Waals surface area contributed by atoms with E-state index in [1.54, 1.807) is 25.5 Å². The van der Waals surface area contributed by atoms with Gasteiger partial charge in [0.05, 0.1) is 6.04 Å². The molecule has 0 fully saturated rings. The van der Waals surface area contributed by atoms with Crippen LogP contribution in [-0.4, -0.2) is 12.0 Å². The van der Waals surface area contributed by atoms with Crippen molar-refractivity contribution in [1.82, 2.24) is 10.3 Å². The minimum Gasteiger partial charge on any atom is -0.309 e. The highest BCUT2D eigenvalue weighted by atomic mass is 19.1. The lowest BCUT2D eigenvalue weighted by atomic mass is 9.94. The van der Waals surface area contributed by atoms with Crippen molar-refractivity contribution in [3.05, 3.63) is 65.0 Å². The van der Waals surface area contributed by atoms with Crippen LogP contribution in [0, 0.1) is 11.6 Å². The third kappa shape index (κ3) is 2.63. The van der Waals surface area contributed by atoms with Crippen LogP contribution in [0.3, 0.4) is 0 Å². The predicted molar refractivity (Wildman–Crippen MR) is 70.9 cm³/mol. The Bertz CT molecular complexity index is 550. The van der Waals surface area contributed by atoms with Crippen LogP contribution in [0.2, 0.25) is 0 Å². The second-order valence-electron chi connectivity index (χ2n) is 4.29. The standard InChI is InChI=1S/C15H16F2N2/c1-3-10-9-19-8-7-11(10)15(18-2)14-12(16)5-4-6-13(14)17/h4-9,15,18H,3H2,1-2H3. The summed E-state index contributed by atoms with van der Waals surface area (Å²) >= 11 is 0. The minimum atomic E-state index is -0.543. The molecule has 0 aliphatic rings. The minimum absolute atomic E-state index is 0.0471. The summed E-state index contributed by atoms with van der Waals surface area (Å²) < 4.78 is 27.8. The zero-order valence-corrected chi connectivity index (χ0v) is 11.0. The van der Waals surface area contributed by atoms with Gasteiger partial charge in [-0.25, -0.2) is 8.78 Å². The molecule has 0 radical (unpaired) electrons. The average Bonchev–Trinajstić information content (AvgIpc) is 2.43. The molecule has 1 heterocycles. The molecule has 4 heteroatoms. The molecule has 1 atom stereocenters. The van der Waals surface area contributed by atoms with Crippen molar-refractivity contribution in [2.75, 3.05) is 7.05 Å². The molecule has 0 spiro atoms. The molecule has 1 aromatic carbocycles. The SMILES string of the molecule is CCc1cnccc1C(NC)c1c(F)cccc1F. The predicted octanol–water partition coefficient (Wildman–Crippen LogP) is 3.23. The van der Waals surface area contributed by atoms with Crippen LogP contribution in [0.1, 0.15) is 29.7 Å². The quantitative estimate of drug-likeness (QED) is 0.915. The molecule has 1 N–H and O–H groups in total. The molecule has 2 nitrogen and oxygen atoms in total. The van der Waals surface area contributed by atoms with Gasteiger partial charge in [0.15, 0.2) is 0 Å². The molecule has 2 aromatic rings. The van der Waals surface area contributed by atoms with E-state index in [1.807, 2.05) is 6.92 Å². The van der Waals surface area contributed by atoms with Crippen molar-refractivity contribution < 1.29 is 8.78 Å². The highest BCUT2D eigenvalue weighted by molar-refractivity contribution is 5.37. The fraction of sp³-hybridized carbons (Fsp3) is 0.267. The lowest BCUT2D eigenvalue weighted by Gasteiger charge is -2.21. The zero-order chi connectivity index (χ0) is 13.8. The Labute approximate surface area is 111 Å². The number of aryl methyl sites for hydroxylation is 1. The first kappa shape index (κ1) is 13.6. The molecule has 0 aliphatic heterocycles. The highest BCUT2D eigenvalue weighted by Crippen LogP contribution is 2.28. The third-order valence-electron chi connectivity index (χ3n) is 3.21. The summed E-state index contributed by atoms with van der Waals surface area (Å²) in [7, 11) is 1.69. The van der Waals surface area contributed by atoms with Crippen molar-refractivity contribution in [2.45, 2.75) is 19.4 Å². The summed E-state index contributed by atoms with van der Waals surface area (Å²) in [5, 5.41) is 2.98. The van der Waals surface area contributed by atoms with Crippen LogP contribution in [-0.2, 0) is 6.42 Å². The van der Waals surface area contributed by atoms with E-state index in [9.17, 15) is 8.78 Å². The van der Waals surface area contributed by atoms with Gasteiger partial charge in [-0.2, -0.15) is 0 Å². The molecule has 19 heavy (non-hydrogen) atoms. The summed E-state index contributed by atoms with van der Waals surface area (Å²) in [6, 6.07) is 5.20. The normalized spacial score (nSPS) is 12.4. The van der Waals surface area contributed by atoms with Gasteiger partial charge in [0, 0.05) is 18.0 Å². The number of rotatable bonds is 4. The lowest BCUT2D eigenvalue weighted by molar-refractivity contribution is 0.520. The van der Waals surface area contributed by atoms with E-state index in [4.69, 9.17) is 0 Å². The number of nitrogens with one attached hydrogen (secondary N) is 1. The first-order chi connectivity index (χ1) is 9.19. The number of pyridine rings is 1. The van der Waals surface area contributed by atoms with Crippen LogP contribution in [0.25, 0.3) is 0 Å². The molecule has 1 aromatic heterocycles. The van der Waals surface area contributed by atoms with E-state index in [1.165, 1.54) is 18.2 Å². The van der Waals surface area contributed by atoms with E-state index in [-0.39, 0.29) is 5.56 Å². The van der Waals surface area contributed by atoms with Gasteiger partial charge in [-0.3, -0.25) is 4.98 Å². The van der Waals surface area contributed by atoms with Crippen molar-refractivity contribution in [2.24, 2.45) is 0 Å². The topological polar surface area (TPSA) is 24.9 Å². The number of hydrogen-bond acceptors (Lipinski definition) is 2. The molecule has 100 valence electrons. The lowest BCUT2D eigenvalue weighted by Crippen LogP contribution is -2.21. The van der Waals surface area contributed by atoms with Crippen LogP contribution < -0.4 is 5.32 Å². The molecule has 2 rings (SSSR count). The van der Waals surface area contributed by atoms with E-state index >= 15 is 0 Å². The van der Waals surface area contributed by atoms with E-state index in [0.717, 1.165) is 17.5 Å². The summed E-state index contributed by atoms with van der Waals surface area (Å²) in [5.41, 5.74) is 1.87. The van der Waals surface area contributed by atoms with Gasteiger partial charge in [-0.1, -0.05) is 13.0 Å². The fourth-order valence-electron chi connectivity index (χ4n) is 2.26. The maximum absolute atomic E-state index is 13.9. The number of halogens is 2. The van der Waals surface area contributed by atoms with Gasteiger partial charge in [-0.05, 0) is 42.8 Å². The Balaban J connectivity index is 2.57. The van der Waals surface area contributed by atoms with Gasteiger partial charge < -0.3 is 5.32 Å².